The van der Waals surface area contributed by atoms with Gasteiger partial charge in [0.25, 0.3) is 0 Å². The lowest BCUT2D eigenvalue weighted by atomic mass is 9.91. The second-order valence-corrected chi connectivity index (χ2v) is 9.48. The van der Waals surface area contributed by atoms with E-state index in [0.29, 0.717) is 12.1 Å². The quantitative estimate of drug-likeness (QED) is 0.399. The lowest BCUT2D eigenvalue weighted by Gasteiger charge is -2.22. The van der Waals surface area contributed by atoms with Gasteiger partial charge in [-0.15, -0.1) is 0 Å². The first-order chi connectivity index (χ1) is 15.5. The van der Waals surface area contributed by atoms with Crippen LogP contribution in [0.1, 0.15) is 54.7 Å². The van der Waals surface area contributed by atoms with Crippen molar-refractivity contribution >= 4 is 17.3 Å². The van der Waals surface area contributed by atoms with E-state index in [-0.39, 0.29) is 17.6 Å². The molecule has 1 atom stereocenters. The van der Waals surface area contributed by atoms with Gasteiger partial charge in [0, 0.05) is 44.1 Å². The Balaban J connectivity index is 1.33. The molecule has 0 amide bonds. The monoisotopic (exact) mass is 446 g/mol. The molecular formula is C24H26N6OS. The summed E-state index contributed by atoms with van der Waals surface area (Å²) in [6.45, 7) is 5.02. The molecule has 1 aliphatic rings. The summed E-state index contributed by atoms with van der Waals surface area (Å²) in [6, 6.07) is 10.2. The molecule has 0 aliphatic carbocycles. The van der Waals surface area contributed by atoms with E-state index < -0.39 is 0 Å². The van der Waals surface area contributed by atoms with Crippen molar-refractivity contribution in [3.8, 4) is 21.8 Å². The number of hydrogen-bond acceptors (Lipinski definition) is 6. The van der Waals surface area contributed by atoms with Crippen LogP contribution in [-0.4, -0.2) is 34.5 Å². The second-order valence-electron chi connectivity index (χ2n) is 8.73. The molecule has 164 valence electrons. The Labute approximate surface area is 191 Å². The first-order valence-corrected chi connectivity index (χ1v) is 11.8. The molecule has 0 spiro atoms. The van der Waals surface area contributed by atoms with Crippen molar-refractivity contribution in [1.29, 1.82) is 0 Å². The maximum absolute atomic E-state index is 13.3. The molecular weight excluding hydrogens is 420 g/mol. The van der Waals surface area contributed by atoms with Gasteiger partial charge in [0.2, 0.25) is 0 Å². The summed E-state index contributed by atoms with van der Waals surface area (Å²) in [5, 5.41) is 5.11. The third kappa shape index (κ3) is 3.90. The number of imidazole rings is 1. The fourth-order valence-electron chi connectivity index (χ4n) is 4.28. The van der Waals surface area contributed by atoms with Crippen molar-refractivity contribution in [3.63, 3.8) is 0 Å². The van der Waals surface area contributed by atoms with E-state index >= 15 is 0 Å². The smallest absolute Gasteiger partial charge is 0.181 e. The zero-order chi connectivity index (χ0) is 22.2. The predicted molar refractivity (Wildman–Crippen MR) is 125 cm³/mol. The van der Waals surface area contributed by atoms with Gasteiger partial charge in [0.1, 0.15) is 22.4 Å². The molecule has 0 bridgehead atoms. The summed E-state index contributed by atoms with van der Waals surface area (Å²) >= 11 is 1.33. The van der Waals surface area contributed by atoms with Crippen molar-refractivity contribution in [1.82, 2.24) is 28.7 Å². The molecule has 3 aromatic heterocycles. The standard InChI is InChI=1S/C24H26N6OS/c1-15(2)23-27-24(32-28-23)18-13-25-29(3)22(18)20(31)11-16-9-10-30-14-19(26-21(30)12-16)17-7-5-4-6-8-17/h4-8,13-16H,9-12H2,1-3H3. The number of nitrogens with zero attached hydrogens (tertiary/aromatic N) is 6. The van der Waals surface area contributed by atoms with Crippen LogP contribution >= 0.6 is 11.5 Å². The molecule has 32 heavy (non-hydrogen) atoms. The number of aryl methyl sites for hydroxylation is 2. The molecule has 1 aliphatic heterocycles. The highest BCUT2D eigenvalue weighted by atomic mass is 32.1. The topological polar surface area (TPSA) is 78.5 Å². The van der Waals surface area contributed by atoms with Crippen LogP contribution in [0.15, 0.2) is 42.7 Å². The molecule has 8 heteroatoms. The number of hydrogen-bond donors (Lipinski definition) is 0. The summed E-state index contributed by atoms with van der Waals surface area (Å²) in [5.41, 5.74) is 3.53. The number of aromatic nitrogens is 6. The fourth-order valence-corrected chi connectivity index (χ4v) is 5.09. The second kappa shape index (κ2) is 8.43. The van der Waals surface area contributed by atoms with E-state index in [1.165, 1.54) is 11.5 Å². The van der Waals surface area contributed by atoms with E-state index in [1.54, 1.807) is 10.9 Å². The number of rotatable bonds is 6. The van der Waals surface area contributed by atoms with Gasteiger partial charge in [-0.2, -0.15) is 9.47 Å². The average Bonchev–Trinajstić information content (AvgIpc) is 3.51. The normalized spacial score (nSPS) is 15.8. The van der Waals surface area contributed by atoms with Crippen molar-refractivity contribution in [2.24, 2.45) is 13.0 Å². The van der Waals surface area contributed by atoms with Crippen LogP contribution in [0.5, 0.6) is 0 Å². The Bertz CT molecular complexity index is 1250. The van der Waals surface area contributed by atoms with E-state index in [1.807, 2.05) is 25.2 Å². The zero-order valence-corrected chi connectivity index (χ0v) is 19.3. The number of fused-ring (bicyclic) bond motifs is 1. The molecule has 4 heterocycles. The van der Waals surface area contributed by atoms with E-state index in [4.69, 9.17) is 4.98 Å². The molecule has 5 rings (SSSR count). The van der Waals surface area contributed by atoms with Crippen LogP contribution in [0.25, 0.3) is 21.8 Å². The Morgan fingerprint density at radius 3 is 2.78 bits per heavy atom. The minimum absolute atomic E-state index is 0.106. The van der Waals surface area contributed by atoms with Crippen LogP contribution in [0, 0.1) is 5.92 Å². The van der Waals surface area contributed by atoms with Crippen LogP contribution in [0.3, 0.4) is 0 Å². The van der Waals surface area contributed by atoms with Gasteiger partial charge in [0.05, 0.1) is 17.5 Å². The summed E-state index contributed by atoms with van der Waals surface area (Å²) in [4.78, 5) is 22.8. The van der Waals surface area contributed by atoms with Gasteiger partial charge in [-0.05, 0) is 23.9 Å². The van der Waals surface area contributed by atoms with Crippen molar-refractivity contribution in [3.05, 3.63) is 60.1 Å². The maximum atomic E-state index is 13.3. The fraction of sp³-hybridized carbons (Fsp3) is 0.375. The summed E-state index contributed by atoms with van der Waals surface area (Å²) in [5.74, 6) is 2.49. The van der Waals surface area contributed by atoms with E-state index in [9.17, 15) is 4.79 Å². The first-order valence-electron chi connectivity index (χ1n) is 11.0. The largest absolute Gasteiger partial charge is 0.334 e. The van der Waals surface area contributed by atoms with E-state index in [2.05, 4.69) is 51.2 Å². The minimum atomic E-state index is 0.106. The molecule has 0 fully saturated rings. The molecule has 1 aromatic carbocycles. The van der Waals surface area contributed by atoms with Crippen molar-refractivity contribution < 1.29 is 4.79 Å². The Morgan fingerprint density at radius 2 is 2.03 bits per heavy atom. The Hall–Kier alpha value is -3.13. The highest BCUT2D eigenvalue weighted by Gasteiger charge is 2.27. The van der Waals surface area contributed by atoms with Gasteiger partial charge < -0.3 is 4.57 Å². The van der Waals surface area contributed by atoms with Gasteiger partial charge in [-0.3, -0.25) is 9.48 Å². The zero-order valence-electron chi connectivity index (χ0n) is 18.5. The number of carbonyl (C=O) groups is 1. The number of benzene rings is 1. The number of ketones is 1. The molecule has 0 N–H and O–H groups in total. The van der Waals surface area contributed by atoms with Crippen LogP contribution in [-0.2, 0) is 20.0 Å². The summed E-state index contributed by atoms with van der Waals surface area (Å²) < 4.78 is 8.34. The third-order valence-electron chi connectivity index (χ3n) is 6.04. The maximum Gasteiger partial charge on any atom is 0.181 e. The van der Waals surface area contributed by atoms with Crippen LogP contribution in [0.2, 0.25) is 0 Å². The van der Waals surface area contributed by atoms with Gasteiger partial charge in [-0.25, -0.2) is 9.97 Å². The molecule has 0 radical (unpaired) electrons. The van der Waals surface area contributed by atoms with Gasteiger partial charge in [-0.1, -0.05) is 44.2 Å². The minimum Gasteiger partial charge on any atom is -0.334 e. The van der Waals surface area contributed by atoms with Crippen molar-refractivity contribution in [2.45, 2.75) is 45.6 Å². The highest BCUT2D eigenvalue weighted by Crippen LogP contribution is 2.31. The lowest BCUT2D eigenvalue weighted by molar-refractivity contribution is 0.0945. The molecule has 1 unspecified atom stereocenters. The number of Topliss-reactive ketones (excluding diaryl/α,β-unsaturated/α-hetero) is 1. The molecule has 0 saturated carbocycles. The average molecular weight is 447 g/mol. The summed E-state index contributed by atoms with van der Waals surface area (Å²) in [6.07, 6.45) is 6.12. The first kappa shape index (κ1) is 20.8. The lowest BCUT2D eigenvalue weighted by Crippen LogP contribution is -2.22. The highest BCUT2D eigenvalue weighted by molar-refractivity contribution is 7.09. The van der Waals surface area contributed by atoms with Crippen molar-refractivity contribution in [2.75, 3.05) is 0 Å². The predicted octanol–water partition coefficient (Wildman–Crippen LogP) is 4.76. The molecule has 0 saturated heterocycles. The Kier molecular flexibility index (Phi) is 5.46. The molecule has 7 nitrogen and oxygen atoms in total. The summed E-state index contributed by atoms with van der Waals surface area (Å²) in [7, 11) is 1.82. The van der Waals surface area contributed by atoms with Gasteiger partial charge in [0.15, 0.2) is 5.78 Å². The Morgan fingerprint density at radius 1 is 1.22 bits per heavy atom. The van der Waals surface area contributed by atoms with Crippen LogP contribution < -0.4 is 0 Å². The SMILES string of the molecule is CC(C)c1nsc(-c2cnn(C)c2C(=O)CC2CCn3cc(-c4ccccc4)nc3C2)n1. The third-order valence-corrected chi connectivity index (χ3v) is 6.81. The van der Waals surface area contributed by atoms with Crippen LogP contribution in [0.4, 0.5) is 0 Å². The molecule has 4 aromatic rings. The number of carbonyl (C=O) groups excluding carboxylic acids is 1. The van der Waals surface area contributed by atoms with E-state index in [0.717, 1.165) is 52.9 Å². The van der Waals surface area contributed by atoms with Gasteiger partial charge >= 0.3 is 0 Å².